The maximum atomic E-state index is 4.46. The standard InChI is InChI=1S/C17H13N4S.Ir/c1-11-5-3-6-12(2)16(11)21-9-19-20-17(21)13-7-4-8-14-15(13)18-10-22-14;/h3-6,8-10H,1-2H3;/q-1;. The van der Waals surface area contributed by atoms with Crippen molar-refractivity contribution in [1.29, 1.82) is 0 Å². The summed E-state index contributed by atoms with van der Waals surface area (Å²) in [7, 11) is 0. The fourth-order valence-electron chi connectivity index (χ4n) is 2.76. The number of benzene rings is 2. The third-order valence-electron chi connectivity index (χ3n) is 3.75. The predicted molar refractivity (Wildman–Crippen MR) is 88.3 cm³/mol. The number of thiazole rings is 1. The van der Waals surface area contributed by atoms with Crippen LogP contribution in [-0.2, 0) is 20.1 Å². The number of aryl methyl sites for hydroxylation is 2. The molecule has 0 aliphatic rings. The molecular formula is C17H13IrN4S-. The van der Waals surface area contributed by atoms with Crippen LogP contribution in [0.5, 0.6) is 0 Å². The molecule has 2 heterocycles. The summed E-state index contributed by atoms with van der Waals surface area (Å²) in [5.74, 6) is 0.772. The van der Waals surface area contributed by atoms with Crippen LogP contribution in [0.2, 0.25) is 0 Å². The minimum Gasteiger partial charge on any atom is -0.322 e. The van der Waals surface area contributed by atoms with Gasteiger partial charge in [-0.3, -0.25) is 4.98 Å². The quantitative estimate of drug-likeness (QED) is 0.394. The molecular weight excluding hydrogens is 484 g/mol. The van der Waals surface area contributed by atoms with Gasteiger partial charge >= 0.3 is 0 Å². The van der Waals surface area contributed by atoms with Crippen LogP contribution in [0.25, 0.3) is 27.3 Å². The first-order valence-corrected chi connectivity index (χ1v) is 7.84. The Hall–Kier alpha value is -1.88. The molecule has 2 aromatic carbocycles. The van der Waals surface area contributed by atoms with E-state index in [9.17, 15) is 0 Å². The van der Waals surface area contributed by atoms with E-state index in [2.05, 4.69) is 53.3 Å². The Morgan fingerprint density at radius 3 is 2.70 bits per heavy atom. The van der Waals surface area contributed by atoms with Gasteiger partial charge in [0.05, 0.1) is 11.3 Å². The molecule has 0 bridgehead atoms. The van der Waals surface area contributed by atoms with Crippen molar-refractivity contribution in [3.05, 3.63) is 59.4 Å². The van der Waals surface area contributed by atoms with Gasteiger partial charge in [0, 0.05) is 31.3 Å². The second-order valence-corrected chi connectivity index (χ2v) is 6.07. The zero-order chi connectivity index (χ0) is 15.1. The van der Waals surface area contributed by atoms with Crippen LogP contribution in [0.4, 0.5) is 0 Å². The number of hydrogen-bond donors (Lipinski definition) is 0. The van der Waals surface area contributed by atoms with Gasteiger partial charge in [0.2, 0.25) is 0 Å². The van der Waals surface area contributed by atoms with E-state index in [-0.39, 0.29) is 20.1 Å². The van der Waals surface area contributed by atoms with Gasteiger partial charge in [-0.05, 0) is 29.7 Å². The summed E-state index contributed by atoms with van der Waals surface area (Å²) in [4.78, 5) is 4.46. The van der Waals surface area contributed by atoms with Gasteiger partial charge in [0.15, 0.2) is 0 Å². The third kappa shape index (κ3) is 2.63. The molecule has 4 aromatic rings. The van der Waals surface area contributed by atoms with Crippen molar-refractivity contribution in [3.8, 4) is 17.1 Å². The molecule has 0 unspecified atom stereocenters. The maximum Gasteiger partial charge on any atom is 0.114 e. The van der Waals surface area contributed by atoms with Crippen molar-refractivity contribution in [2.75, 3.05) is 0 Å². The van der Waals surface area contributed by atoms with Crippen LogP contribution < -0.4 is 0 Å². The number of rotatable bonds is 2. The van der Waals surface area contributed by atoms with Gasteiger partial charge in [0.25, 0.3) is 0 Å². The molecule has 117 valence electrons. The summed E-state index contributed by atoms with van der Waals surface area (Å²) in [5, 5.41) is 8.44. The summed E-state index contributed by atoms with van der Waals surface area (Å²) in [6.45, 7) is 4.19. The van der Waals surface area contributed by atoms with Crippen LogP contribution in [0.3, 0.4) is 0 Å². The molecule has 0 atom stereocenters. The predicted octanol–water partition coefficient (Wildman–Crippen LogP) is 3.96. The van der Waals surface area contributed by atoms with Gasteiger partial charge in [-0.2, -0.15) is 5.10 Å². The normalized spacial score (nSPS) is 10.7. The van der Waals surface area contributed by atoms with E-state index in [1.54, 1.807) is 17.7 Å². The molecule has 4 rings (SSSR count). The number of para-hydroxylation sites is 1. The van der Waals surface area contributed by atoms with E-state index in [1.165, 1.54) is 11.1 Å². The minimum atomic E-state index is 0. The zero-order valence-corrected chi connectivity index (χ0v) is 15.8. The Balaban J connectivity index is 0.00000156. The number of fused-ring (bicyclic) bond motifs is 1. The Morgan fingerprint density at radius 1 is 1.13 bits per heavy atom. The zero-order valence-electron chi connectivity index (χ0n) is 12.6. The van der Waals surface area contributed by atoms with E-state index in [0.717, 1.165) is 27.3 Å². The van der Waals surface area contributed by atoms with Crippen LogP contribution >= 0.6 is 11.3 Å². The second kappa shape index (κ2) is 6.32. The minimum absolute atomic E-state index is 0. The van der Waals surface area contributed by atoms with Gasteiger partial charge in [-0.15, -0.1) is 34.6 Å². The second-order valence-electron chi connectivity index (χ2n) is 5.18. The summed E-state index contributed by atoms with van der Waals surface area (Å²) < 4.78 is 3.15. The molecule has 0 aliphatic heterocycles. The fraction of sp³-hybridized carbons (Fsp3) is 0.118. The summed E-state index contributed by atoms with van der Waals surface area (Å²) in [5.41, 5.74) is 7.15. The molecule has 0 N–H and O–H groups in total. The molecule has 0 amide bonds. The van der Waals surface area contributed by atoms with Crippen molar-refractivity contribution >= 4 is 21.6 Å². The molecule has 0 saturated carbocycles. The Kier molecular flexibility index (Phi) is 4.39. The average Bonchev–Trinajstić information content (AvgIpc) is 3.15. The largest absolute Gasteiger partial charge is 0.322 e. The molecule has 23 heavy (non-hydrogen) atoms. The van der Waals surface area contributed by atoms with Gasteiger partial charge in [-0.25, -0.2) is 0 Å². The Bertz CT molecular complexity index is 953. The van der Waals surface area contributed by atoms with Crippen LogP contribution in [0, 0.1) is 19.9 Å². The maximum absolute atomic E-state index is 4.46. The van der Waals surface area contributed by atoms with Crippen LogP contribution in [0.1, 0.15) is 11.1 Å². The van der Waals surface area contributed by atoms with Crippen LogP contribution in [-0.4, -0.2) is 19.7 Å². The molecule has 6 heteroatoms. The molecule has 0 saturated heterocycles. The third-order valence-corrected chi connectivity index (χ3v) is 4.54. The van der Waals surface area contributed by atoms with E-state index in [4.69, 9.17) is 0 Å². The number of nitrogens with zero attached hydrogens (tertiary/aromatic N) is 4. The molecule has 0 aliphatic carbocycles. The molecule has 4 nitrogen and oxygen atoms in total. The van der Waals surface area contributed by atoms with E-state index >= 15 is 0 Å². The number of hydrogen-bond acceptors (Lipinski definition) is 4. The van der Waals surface area contributed by atoms with Gasteiger partial charge < -0.3 is 4.57 Å². The van der Waals surface area contributed by atoms with Crippen molar-refractivity contribution in [2.45, 2.75) is 13.8 Å². The first kappa shape index (κ1) is 16.0. The SMILES string of the molecule is Cc1cccc(C)c1-n1cnnc1-c1[c-]ccc2scnc12.[Ir]. The summed E-state index contributed by atoms with van der Waals surface area (Å²) in [6.07, 6.45) is 1.75. The first-order valence-electron chi connectivity index (χ1n) is 6.96. The van der Waals surface area contributed by atoms with Gasteiger partial charge in [0.1, 0.15) is 6.33 Å². The van der Waals surface area contributed by atoms with Gasteiger partial charge in [-0.1, -0.05) is 23.8 Å². The first-order chi connectivity index (χ1) is 10.8. The van der Waals surface area contributed by atoms with Crippen molar-refractivity contribution < 1.29 is 20.1 Å². The smallest absolute Gasteiger partial charge is 0.114 e. The van der Waals surface area contributed by atoms with Crippen molar-refractivity contribution in [1.82, 2.24) is 19.7 Å². The van der Waals surface area contributed by atoms with Crippen molar-refractivity contribution in [3.63, 3.8) is 0 Å². The molecule has 0 spiro atoms. The van der Waals surface area contributed by atoms with Crippen molar-refractivity contribution in [2.24, 2.45) is 0 Å². The molecule has 1 radical (unpaired) electrons. The fourth-order valence-corrected chi connectivity index (χ4v) is 3.44. The average molecular weight is 498 g/mol. The Labute approximate surface area is 151 Å². The van der Waals surface area contributed by atoms with E-state index in [0.29, 0.717) is 0 Å². The monoisotopic (exact) mass is 498 g/mol. The van der Waals surface area contributed by atoms with E-state index < -0.39 is 0 Å². The summed E-state index contributed by atoms with van der Waals surface area (Å²) >= 11 is 1.62. The van der Waals surface area contributed by atoms with Crippen LogP contribution in [0.15, 0.2) is 42.2 Å². The molecule has 0 fully saturated rings. The Morgan fingerprint density at radius 2 is 1.91 bits per heavy atom. The number of aromatic nitrogens is 4. The van der Waals surface area contributed by atoms with E-state index in [1.807, 2.05) is 22.2 Å². The topological polar surface area (TPSA) is 43.6 Å². The molecule has 2 aromatic heterocycles. The summed E-state index contributed by atoms with van der Waals surface area (Å²) in [6, 6.07) is 13.5.